The molecule has 2 atom stereocenters. The van der Waals surface area contributed by atoms with E-state index in [1.807, 2.05) is 0 Å². The smallest absolute Gasteiger partial charge is 0.233 e. The second-order valence-electron chi connectivity index (χ2n) is 6.50. The van der Waals surface area contributed by atoms with Crippen molar-refractivity contribution in [3.05, 3.63) is 0 Å². The molecule has 1 saturated heterocycles. The van der Waals surface area contributed by atoms with E-state index in [2.05, 4.69) is 6.92 Å². The van der Waals surface area contributed by atoms with E-state index in [4.69, 9.17) is 20.2 Å². The van der Waals surface area contributed by atoms with Crippen molar-refractivity contribution in [1.29, 1.82) is 0 Å². The van der Waals surface area contributed by atoms with Gasteiger partial charge in [-0.25, -0.2) is 8.42 Å². The van der Waals surface area contributed by atoms with Gasteiger partial charge in [0, 0.05) is 29.3 Å². The lowest BCUT2D eigenvalue weighted by Crippen LogP contribution is -2.40. The number of hydrogen-bond acceptors (Lipinski definition) is 4. The van der Waals surface area contributed by atoms with Crippen LogP contribution >= 0.6 is 10.7 Å². The van der Waals surface area contributed by atoms with E-state index in [0.29, 0.717) is 38.6 Å². The second kappa shape index (κ2) is 6.95. The first kappa shape index (κ1) is 16.5. The average Bonchev–Trinajstić information content (AvgIpc) is 2.36. The number of rotatable bonds is 5. The van der Waals surface area contributed by atoms with Crippen LogP contribution in [-0.4, -0.2) is 40.1 Å². The van der Waals surface area contributed by atoms with Crippen LogP contribution in [0.3, 0.4) is 0 Å². The molecule has 118 valence electrons. The van der Waals surface area contributed by atoms with Crippen molar-refractivity contribution < 1.29 is 17.9 Å². The largest absolute Gasteiger partial charge is 0.381 e. The highest BCUT2D eigenvalue weighted by atomic mass is 35.7. The first-order valence-electron chi connectivity index (χ1n) is 7.50. The van der Waals surface area contributed by atoms with Gasteiger partial charge < -0.3 is 9.47 Å². The standard InChI is InChI=1S/C14H25ClO4S/c1-12-3-2-4-13(9-12)19-10-14(11-20(15,16)17)5-7-18-8-6-14/h12-13H,2-11H2,1H3. The van der Waals surface area contributed by atoms with Crippen molar-refractivity contribution in [3.63, 3.8) is 0 Å². The van der Waals surface area contributed by atoms with Gasteiger partial charge in [-0.1, -0.05) is 19.8 Å². The summed E-state index contributed by atoms with van der Waals surface area (Å²) in [7, 11) is 1.97. The van der Waals surface area contributed by atoms with Crippen molar-refractivity contribution in [1.82, 2.24) is 0 Å². The first-order chi connectivity index (χ1) is 9.39. The highest BCUT2D eigenvalue weighted by Gasteiger charge is 2.38. The highest BCUT2D eigenvalue weighted by Crippen LogP contribution is 2.35. The van der Waals surface area contributed by atoms with Crippen molar-refractivity contribution in [2.45, 2.75) is 51.6 Å². The molecule has 0 spiro atoms. The molecule has 0 bridgehead atoms. The molecule has 1 aliphatic carbocycles. The number of hydrogen-bond donors (Lipinski definition) is 0. The molecule has 6 heteroatoms. The average molecular weight is 325 g/mol. The third-order valence-electron chi connectivity index (χ3n) is 4.55. The van der Waals surface area contributed by atoms with Gasteiger partial charge in [-0.2, -0.15) is 0 Å². The van der Waals surface area contributed by atoms with E-state index in [9.17, 15) is 8.42 Å². The minimum Gasteiger partial charge on any atom is -0.381 e. The van der Waals surface area contributed by atoms with Gasteiger partial charge in [0.1, 0.15) is 0 Å². The Morgan fingerprint density at radius 3 is 2.60 bits per heavy atom. The summed E-state index contributed by atoms with van der Waals surface area (Å²) in [5.74, 6) is 0.698. The maximum absolute atomic E-state index is 11.5. The van der Waals surface area contributed by atoms with Gasteiger partial charge in [-0.3, -0.25) is 0 Å². The Balaban J connectivity index is 1.93. The van der Waals surface area contributed by atoms with Crippen LogP contribution in [0.5, 0.6) is 0 Å². The third kappa shape index (κ3) is 5.17. The van der Waals surface area contributed by atoms with Crippen molar-refractivity contribution >= 4 is 19.7 Å². The topological polar surface area (TPSA) is 52.6 Å². The van der Waals surface area contributed by atoms with Crippen LogP contribution in [0.1, 0.15) is 45.4 Å². The Hall–Kier alpha value is 0.160. The Labute approximate surface area is 126 Å². The molecule has 1 heterocycles. The minimum atomic E-state index is -3.51. The molecule has 4 nitrogen and oxygen atoms in total. The fourth-order valence-corrected chi connectivity index (χ4v) is 5.12. The molecule has 0 N–H and O–H groups in total. The van der Waals surface area contributed by atoms with Gasteiger partial charge >= 0.3 is 0 Å². The summed E-state index contributed by atoms with van der Waals surface area (Å²) in [6.45, 7) is 3.93. The minimum absolute atomic E-state index is 0.00676. The van der Waals surface area contributed by atoms with E-state index in [-0.39, 0.29) is 17.3 Å². The molecule has 0 aromatic rings. The van der Waals surface area contributed by atoms with E-state index in [1.54, 1.807) is 0 Å². The maximum atomic E-state index is 11.5. The fraction of sp³-hybridized carbons (Fsp3) is 1.00. The van der Waals surface area contributed by atoms with E-state index in [1.165, 1.54) is 12.8 Å². The lowest BCUT2D eigenvalue weighted by atomic mass is 9.82. The van der Waals surface area contributed by atoms with Gasteiger partial charge in [-0.05, 0) is 31.6 Å². The van der Waals surface area contributed by atoms with Crippen LogP contribution in [0.15, 0.2) is 0 Å². The monoisotopic (exact) mass is 324 g/mol. The molecular weight excluding hydrogens is 300 g/mol. The van der Waals surface area contributed by atoms with E-state index >= 15 is 0 Å². The predicted molar refractivity (Wildman–Crippen MR) is 79.5 cm³/mol. The number of ether oxygens (including phenoxy) is 2. The zero-order valence-corrected chi connectivity index (χ0v) is 13.7. The van der Waals surface area contributed by atoms with Crippen LogP contribution in [0, 0.1) is 11.3 Å². The summed E-state index contributed by atoms with van der Waals surface area (Å²) in [5.41, 5.74) is -0.362. The van der Waals surface area contributed by atoms with Gasteiger partial charge in [0.15, 0.2) is 0 Å². The normalized spacial score (nSPS) is 31.1. The molecule has 2 fully saturated rings. The quantitative estimate of drug-likeness (QED) is 0.730. The van der Waals surface area contributed by atoms with Crippen molar-refractivity contribution in [2.75, 3.05) is 25.6 Å². The molecule has 0 amide bonds. The molecule has 2 unspecified atom stereocenters. The number of halogens is 1. The van der Waals surface area contributed by atoms with Gasteiger partial charge in [-0.15, -0.1) is 0 Å². The summed E-state index contributed by atoms with van der Waals surface area (Å²) < 4.78 is 34.4. The molecular formula is C14H25ClO4S. The lowest BCUT2D eigenvalue weighted by Gasteiger charge is -2.38. The second-order valence-corrected chi connectivity index (χ2v) is 9.28. The molecule has 1 aliphatic heterocycles. The molecule has 0 aromatic heterocycles. The Kier molecular flexibility index (Phi) is 5.74. The summed E-state index contributed by atoms with van der Waals surface area (Å²) in [6, 6.07) is 0. The summed E-state index contributed by atoms with van der Waals surface area (Å²) >= 11 is 0. The predicted octanol–water partition coefficient (Wildman–Crippen LogP) is 2.95. The maximum Gasteiger partial charge on any atom is 0.233 e. The van der Waals surface area contributed by atoms with E-state index < -0.39 is 9.05 Å². The van der Waals surface area contributed by atoms with Crippen molar-refractivity contribution in [2.24, 2.45) is 11.3 Å². The highest BCUT2D eigenvalue weighted by molar-refractivity contribution is 8.13. The van der Waals surface area contributed by atoms with Crippen LogP contribution in [-0.2, 0) is 18.5 Å². The molecule has 20 heavy (non-hydrogen) atoms. The van der Waals surface area contributed by atoms with Gasteiger partial charge in [0.2, 0.25) is 9.05 Å². The Morgan fingerprint density at radius 1 is 1.30 bits per heavy atom. The van der Waals surface area contributed by atoms with Crippen LogP contribution in [0.25, 0.3) is 0 Å². The van der Waals surface area contributed by atoms with Crippen LogP contribution < -0.4 is 0 Å². The third-order valence-corrected chi connectivity index (χ3v) is 5.83. The van der Waals surface area contributed by atoms with E-state index in [0.717, 1.165) is 12.8 Å². The zero-order chi connectivity index (χ0) is 14.6. The van der Waals surface area contributed by atoms with Crippen molar-refractivity contribution in [3.8, 4) is 0 Å². The molecule has 0 aromatic carbocycles. The molecule has 2 aliphatic rings. The van der Waals surface area contributed by atoms with Crippen LogP contribution in [0.4, 0.5) is 0 Å². The first-order valence-corrected chi connectivity index (χ1v) is 9.98. The summed E-state index contributed by atoms with van der Waals surface area (Å²) in [6.07, 6.45) is 6.34. The zero-order valence-electron chi connectivity index (χ0n) is 12.1. The van der Waals surface area contributed by atoms with Crippen LogP contribution in [0.2, 0.25) is 0 Å². The molecule has 1 saturated carbocycles. The van der Waals surface area contributed by atoms with Gasteiger partial charge in [0.05, 0.1) is 18.5 Å². The molecule has 0 radical (unpaired) electrons. The molecule has 2 rings (SSSR count). The summed E-state index contributed by atoms with van der Waals surface area (Å²) in [4.78, 5) is 0. The Bertz CT molecular complexity index is 403. The fourth-order valence-electron chi connectivity index (χ4n) is 3.32. The Morgan fingerprint density at radius 2 is 2.00 bits per heavy atom. The van der Waals surface area contributed by atoms with Gasteiger partial charge in [0.25, 0.3) is 0 Å². The lowest BCUT2D eigenvalue weighted by molar-refractivity contribution is -0.0656. The summed E-state index contributed by atoms with van der Waals surface area (Å²) in [5, 5.41) is 0. The SMILES string of the molecule is CC1CCCC(OCC2(CS(=O)(=O)Cl)CCOCC2)C1.